The molecule has 0 atom stereocenters. The Bertz CT molecular complexity index is 73.3. The molecule has 0 saturated carbocycles. The van der Waals surface area contributed by atoms with E-state index in [4.69, 9.17) is 0 Å². The van der Waals surface area contributed by atoms with Crippen molar-refractivity contribution in [2.75, 3.05) is 0 Å². The summed E-state index contributed by atoms with van der Waals surface area (Å²) in [5.74, 6) is -0.529. The molecule has 0 bridgehead atoms. The summed E-state index contributed by atoms with van der Waals surface area (Å²) in [5.41, 5.74) is 0. The summed E-state index contributed by atoms with van der Waals surface area (Å²) in [7, 11) is 0. The SMILES string of the molecule is C=CC(=O)OS.[Ce]. The van der Waals surface area contributed by atoms with E-state index in [2.05, 4.69) is 23.7 Å². The van der Waals surface area contributed by atoms with Crippen LogP contribution in [0.5, 0.6) is 0 Å². The third-order valence-corrected chi connectivity index (χ3v) is 0.437. The van der Waals surface area contributed by atoms with Crippen molar-refractivity contribution in [2.45, 2.75) is 0 Å². The first-order valence-corrected chi connectivity index (χ1v) is 1.65. The molecule has 0 aliphatic heterocycles. The van der Waals surface area contributed by atoms with Gasteiger partial charge in [0.25, 0.3) is 0 Å². The third kappa shape index (κ3) is 6.94. The fraction of sp³-hybridized carbons (Fsp3) is 0. The Hall–Kier alpha value is 0.937. The van der Waals surface area contributed by atoms with Crippen molar-refractivity contribution in [1.82, 2.24) is 0 Å². The van der Waals surface area contributed by atoms with Crippen LogP contribution >= 0.6 is 12.9 Å². The summed E-state index contributed by atoms with van der Waals surface area (Å²) in [5, 5.41) is 0. The first-order valence-electron chi connectivity index (χ1n) is 1.29. The molecule has 0 aromatic rings. The van der Waals surface area contributed by atoms with Gasteiger partial charge in [0.05, 0.1) is 0 Å². The first kappa shape index (κ1) is 10.8. The number of thiol groups is 1. The molecule has 0 aliphatic rings. The van der Waals surface area contributed by atoms with Gasteiger partial charge in [0.15, 0.2) is 0 Å². The van der Waals surface area contributed by atoms with Crippen LogP contribution < -0.4 is 0 Å². The minimum Gasteiger partial charge on any atom is -0.391 e. The van der Waals surface area contributed by atoms with Gasteiger partial charge in [0.2, 0.25) is 0 Å². The topological polar surface area (TPSA) is 26.3 Å². The van der Waals surface area contributed by atoms with E-state index in [1.54, 1.807) is 0 Å². The van der Waals surface area contributed by atoms with Crippen molar-refractivity contribution in [3.63, 3.8) is 0 Å². The average Bonchev–Trinajstić information content (AvgIpc) is 1.65. The quantitative estimate of drug-likeness (QED) is 0.414. The van der Waals surface area contributed by atoms with Gasteiger partial charge < -0.3 is 4.18 Å². The molecule has 0 fully saturated rings. The van der Waals surface area contributed by atoms with Gasteiger partial charge in [-0.2, -0.15) is 0 Å². The summed E-state index contributed by atoms with van der Waals surface area (Å²) in [6, 6.07) is 0. The maximum absolute atomic E-state index is 9.76. The summed E-state index contributed by atoms with van der Waals surface area (Å²) < 4.78 is 3.84. The number of carbonyl (C=O) groups excluding carboxylic acids is 1. The molecule has 0 saturated heterocycles. The zero-order valence-corrected chi connectivity index (χ0v) is 7.58. The number of rotatable bonds is 1. The molecule has 0 aromatic heterocycles. The molecule has 7 heavy (non-hydrogen) atoms. The van der Waals surface area contributed by atoms with Crippen molar-refractivity contribution in [3.05, 3.63) is 12.7 Å². The van der Waals surface area contributed by atoms with E-state index >= 15 is 0 Å². The first-order chi connectivity index (χ1) is 2.81. The Balaban J connectivity index is 0. The summed E-state index contributed by atoms with van der Waals surface area (Å²) in [6.07, 6.45) is 1.03. The van der Waals surface area contributed by atoms with Crippen molar-refractivity contribution in [3.8, 4) is 0 Å². The van der Waals surface area contributed by atoms with Crippen molar-refractivity contribution in [2.24, 2.45) is 0 Å². The molecule has 0 heterocycles. The molecule has 38 valence electrons. The Morgan fingerprint density at radius 2 is 2.29 bits per heavy atom. The molecule has 0 spiro atoms. The predicted molar refractivity (Wildman–Crippen MR) is 25.3 cm³/mol. The second-order valence-electron chi connectivity index (χ2n) is 0.614. The van der Waals surface area contributed by atoms with Crippen molar-refractivity contribution in [1.29, 1.82) is 0 Å². The van der Waals surface area contributed by atoms with Gasteiger partial charge in [-0.25, -0.2) is 4.79 Å². The minimum atomic E-state index is -0.529. The maximum atomic E-state index is 9.76. The van der Waals surface area contributed by atoms with E-state index in [0.717, 1.165) is 6.08 Å². The molecule has 0 radical (unpaired) electrons. The van der Waals surface area contributed by atoms with Gasteiger partial charge in [-0.1, -0.05) is 6.58 Å². The van der Waals surface area contributed by atoms with Crippen LogP contribution in [-0.4, -0.2) is 5.97 Å². The molecular weight excluding hydrogens is 240 g/mol. The van der Waals surface area contributed by atoms with Crippen LogP contribution in [0.4, 0.5) is 0 Å². The minimum absolute atomic E-state index is 0. The van der Waals surface area contributed by atoms with Crippen LogP contribution in [-0.2, 0) is 8.98 Å². The van der Waals surface area contributed by atoms with Crippen LogP contribution in [0.15, 0.2) is 12.7 Å². The van der Waals surface area contributed by atoms with Crippen molar-refractivity contribution >= 4 is 18.9 Å². The van der Waals surface area contributed by atoms with Crippen LogP contribution in [0.1, 0.15) is 0 Å². The predicted octanol–water partition coefficient (Wildman–Crippen LogP) is 0.560. The Kier molecular flexibility index (Phi) is 10.7. The molecule has 0 unspecified atom stereocenters. The smallest absolute Gasteiger partial charge is 0.341 e. The monoisotopic (exact) mass is 244 g/mol. The molecule has 0 aliphatic carbocycles. The van der Waals surface area contributed by atoms with Crippen LogP contribution in [0, 0.1) is 41.7 Å². The van der Waals surface area contributed by atoms with E-state index in [9.17, 15) is 4.79 Å². The standard InChI is InChI=1S/C3H4O2S.Ce/c1-2-3(4)5-6;/h2,6H,1H2;. The summed E-state index contributed by atoms with van der Waals surface area (Å²) in [6.45, 7) is 3.11. The molecule has 0 N–H and O–H groups in total. The Morgan fingerprint density at radius 3 is 2.29 bits per heavy atom. The molecule has 0 rings (SSSR count). The summed E-state index contributed by atoms with van der Waals surface area (Å²) in [4.78, 5) is 9.76. The number of hydrogen-bond donors (Lipinski definition) is 1. The molecular formula is C3H4CeO2S. The largest absolute Gasteiger partial charge is 0.391 e. The molecule has 2 nitrogen and oxygen atoms in total. The fourth-order valence-electron chi connectivity index (χ4n) is 0.0373. The Labute approximate surface area is 81.3 Å². The van der Waals surface area contributed by atoms with Gasteiger partial charge in [0, 0.05) is 60.7 Å². The second kappa shape index (κ2) is 6.94. The number of carbonyl (C=O) groups is 1. The zero-order valence-electron chi connectivity index (χ0n) is 3.55. The van der Waals surface area contributed by atoms with Crippen LogP contribution in [0.2, 0.25) is 0 Å². The maximum Gasteiger partial charge on any atom is 0.341 e. The van der Waals surface area contributed by atoms with Crippen LogP contribution in [0.3, 0.4) is 0 Å². The van der Waals surface area contributed by atoms with Gasteiger partial charge in [-0.05, 0) is 0 Å². The normalized spacial score (nSPS) is 5.86. The fourth-order valence-corrected chi connectivity index (χ4v) is 0.112. The van der Waals surface area contributed by atoms with E-state index in [1.165, 1.54) is 0 Å². The van der Waals surface area contributed by atoms with Gasteiger partial charge >= 0.3 is 5.97 Å². The van der Waals surface area contributed by atoms with Gasteiger partial charge in [-0.15, -0.1) is 0 Å². The van der Waals surface area contributed by atoms with E-state index in [-0.39, 0.29) is 41.7 Å². The van der Waals surface area contributed by atoms with Crippen LogP contribution in [0.25, 0.3) is 0 Å². The second-order valence-corrected chi connectivity index (χ2v) is 0.797. The van der Waals surface area contributed by atoms with E-state index < -0.39 is 5.97 Å². The molecule has 0 amide bonds. The van der Waals surface area contributed by atoms with Gasteiger partial charge in [-0.3, -0.25) is 0 Å². The zero-order chi connectivity index (χ0) is 4.99. The van der Waals surface area contributed by atoms with E-state index in [1.807, 2.05) is 0 Å². The van der Waals surface area contributed by atoms with Crippen molar-refractivity contribution < 1.29 is 50.7 Å². The average molecular weight is 244 g/mol. The van der Waals surface area contributed by atoms with Gasteiger partial charge in [0.1, 0.15) is 0 Å². The summed E-state index contributed by atoms with van der Waals surface area (Å²) >= 11 is 3.17. The molecule has 4 heteroatoms. The Morgan fingerprint density at radius 1 is 1.86 bits per heavy atom. The molecule has 0 aromatic carbocycles. The third-order valence-electron chi connectivity index (χ3n) is 0.257. The van der Waals surface area contributed by atoms with E-state index in [0.29, 0.717) is 0 Å². The number of hydrogen-bond acceptors (Lipinski definition) is 3.